The second-order valence-corrected chi connectivity index (χ2v) is 7.14. The van der Waals surface area contributed by atoms with Gasteiger partial charge in [0.1, 0.15) is 11.4 Å². The van der Waals surface area contributed by atoms with Crippen LogP contribution in [0, 0.1) is 0 Å². The van der Waals surface area contributed by atoms with Crippen LogP contribution in [0.4, 0.5) is 5.69 Å². The fourth-order valence-corrected chi connectivity index (χ4v) is 3.52. The van der Waals surface area contributed by atoms with Crippen molar-refractivity contribution in [2.45, 2.75) is 6.92 Å². The second kappa shape index (κ2) is 7.91. The molecule has 0 bridgehead atoms. The van der Waals surface area contributed by atoms with Gasteiger partial charge in [-0.05, 0) is 36.8 Å². The molecule has 1 amide bonds. The molecule has 0 aliphatic rings. The van der Waals surface area contributed by atoms with Crippen LogP contribution in [-0.2, 0) is 0 Å². The Morgan fingerprint density at radius 3 is 2.70 bits per heavy atom. The molecule has 2 heterocycles. The smallest absolute Gasteiger partial charge is 0.255 e. The van der Waals surface area contributed by atoms with Crippen LogP contribution in [0.3, 0.4) is 0 Å². The van der Waals surface area contributed by atoms with E-state index in [0.29, 0.717) is 17.8 Å². The van der Waals surface area contributed by atoms with Gasteiger partial charge in [0.15, 0.2) is 0 Å². The van der Waals surface area contributed by atoms with Gasteiger partial charge in [0, 0.05) is 53.8 Å². The van der Waals surface area contributed by atoms with Crippen molar-refractivity contribution in [1.82, 2.24) is 14.9 Å². The van der Waals surface area contributed by atoms with E-state index in [1.165, 1.54) is 0 Å². The highest BCUT2D eigenvalue weighted by Gasteiger charge is 2.16. The average Bonchev–Trinajstić information content (AvgIpc) is 3.21. The number of ether oxygens (including phenoxy) is 1. The molecule has 0 aliphatic heterocycles. The first-order valence-corrected chi connectivity index (χ1v) is 9.79. The Balaban J connectivity index is 1.82. The Morgan fingerprint density at radius 2 is 1.93 bits per heavy atom. The van der Waals surface area contributed by atoms with Crippen molar-refractivity contribution in [3.8, 4) is 28.0 Å². The van der Waals surface area contributed by atoms with E-state index in [1.54, 1.807) is 31.3 Å². The highest BCUT2D eigenvalue weighted by Crippen LogP contribution is 2.36. The number of methoxy groups -OCH3 is 1. The number of pyridine rings is 1. The topological polar surface area (TPSA) is 84.2 Å². The van der Waals surface area contributed by atoms with Gasteiger partial charge in [-0.1, -0.05) is 24.3 Å². The van der Waals surface area contributed by atoms with Crippen molar-refractivity contribution in [2.24, 2.45) is 0 Å². The Morgan fingerprint density at radius 1 is 1.13 bits per heavy atom. The van der Waals surface area contributed by atoms with Crippen molar-refractivity contribution in [1.29, 1.82) is 0 Å². The number of hydrogen-bond donors (Lipinski definition) is 2. The third-order valence-electron chi connectivity index (χ3n) is 5.37. The summed E-state index contributed by atoms with van der Waals surface area (Å²) < 4.78 is 5.53. The molecule has 0 unspecified atom stereocenters. The van der Waals surface area contributed by atoms with E-state index in [0.717, 1.165) is 39.0 Å². The maximum atomic E-state index is 12.7. The molecule has 6 heteroatoms. The number of nitrogen functional groups attached to an aromatic ring is 1. The molecule has 152 valence electrons. The third kappa shape index (κ3) is 3.37. The molecule has 6 nitrogen and oxygen atoms in total. The van der Waals surface area contributed by atoms with Crippen LogP contribution < -0.4 is 10.5 Å². The van der Waals surface area contributed by atoms with Crippen LogP contribution in [0.2, 0.25) is 0 Å². The van der Waals surface area contributed by atoms with Crippen molar-refractivity contribution in [3.63, 3.8) is 0 Å². The fraction of sp³-hybridized carbons (Fsp3) is 0.167. The summed E-state index contributed by atoms with van der Waals surface area (Å²) >= 11 is 0. The summed E-state index contributed by atoms with van der Waals surface area (Å²) in [5.41, 5.74) is 11.6. The number of nitrogens with two attached hydrogens (primary N) is 1. The SMILES string of the molecule is CCN(C)C(=O)c1cc(-c2cnc3[nH]cc(-c4ccccc4OC)c3c2)ccc1N. The monoisotopic (exact) mass is 400 g/mol. The number of carbonyl (C=O) groups is 1. The molecule has 0 fully saturated rings. The van der Waals surface area contributed by atoms with Gasteiger partial charge in [0.2, 0.25) is 0 Å². The lowest BCUT2D eigenvalue weighted by molar-refractivity contribution is 0.0803. The maximum absolute atomic E-state index is 12.7. The molecule has 2 aromatic heterocycles. The average molecular weight is 400 g/mol. The van der Waals surface area contributed by atoms with E-state index in [-0.39, 0.29) is 5.91 Å². The van der Waals surface area contributed by atoms with Gasteiger partial charge in [-0.25, -0.2) is 4.98 Å². The fourth-order valence-electron chi connectivity index (χ4n) is 3.52. The number of fused-ring (bicyclic) bond motifs is 1. The normalized spacial score (nSPS) is 10.9. The Labute approximate surface area is 175 Å². The van der Waals surface area contributed by atoms with Gasteiger partial charge in [-0.15, -0.1) is 0 Å². The largest absolute Gasteiger partial charge is 0.496 e. The van der Waals surface area contributed by atoms with Crippen LogP contribution in [0.15, 0.2) is 60.9 Å². The molecule has 0 saturated heterocycles. The van der Waals surface area contributed by atoms with Crippen LogP contribution in [0.1, 0.15) is 17.3 Å². The van der Waals surface area contributed by atoms with Crippen LogP contribution >= 0.6 is 0 Å². The lowest BCUT2D eigenvalue weighted by atomic mass is 9.99. The number of benzene rings is 2. The molecule has 0 spiro atoms. The predicted octanol–water partition coefficient (Wildman–Crippen LogP) is 4.58. The van der Waals surface area contributed by atoms with E-state index >= 15 is 0 Å². The van der Waals surface area contributed by atoms with Crippen LogP contribution in [0.25, 0.3) is 33.3 Å². The maximum Gasteiger partial charge on any atom is 0.255 e. The van der Waals surface area contributed by atoms with Gasteiger partial charge in [-0.2, -0.15) is 0 Å². The molecule has 0 radical (unpaired) electrons. The number of carbonyl (C=O) groups excluding carboxylic acids is 1. The number of anilines is 1. The molecular formula is C24H24N4O2. The zero-order valence-corrected chi connectivity index (χ0v) is 17.3. The number of para-hydroxylation sites is 1. The van der Waals surface area contributed by atoms with Crippen LogP contribution in [0.5, 0.6) is 5.75 Å². The Kier molecular flexibility index (Phi) is 5.14. The molecule has 0 aliphatic carbocycles. The number of rotatable bonds is 5. The minimum absolute atomic E-state index is 0.0951. The Bertz CT molecular complexity index is 1230. The summed E-state index contributed by atoms with van der Waals surface area (Å²) in [5.74, 6) is 0.703. The molecule has 30 heavy (non-hydrogen) atoms. The number of aromatic nitrogens is 2. The summed E-state index contributed by atoms with van der Waals surface area (Å²) in [6.07, 6.45) is 3.74. The van der Waals surface area contributed by atoms with E-state index in [1.807, 2.05) is 49.5 Å². The molecule has 4 aromatic rings. The van der Waals surface area contributed by atoms with Gasteiger partial charge in [-0.3, -0.25) is 4.79 Å². The molecule has 3 N–H and O–H groups in total. The van der Waals surface area contributed by atoms with Gasteiger partial charge >= 0.3 is 0 Å². The third-order valence-corrected chi connectivity index (χ3v) is 5.37. The summed E-state index contributed by atoms with van der Waals surface area (Å²) in [4.78, 5) is 22.1. The number of aromatic amines is 1. The number of nitrogens with one attached hydrogen (secondary N) is 1. The quantitative estimate of drug-likeness (QED) is 0.480. The zero-order valence-electron chi connectivity index (χ0n) is 17.3. The highest BCUT2D eigenvalue weighted by molar-refractivity contribution is 6.01. The van der Waals surface area contributed by atoms with E-state index in [4.69, 9.17) is 10.5 Å². The number of H-pyrrole nitrogens is 1. The van der Waals surface area contributed by atoms with Crippen molar-refractivity contribution < 1.29 is 9.53 Å². The van der Waals surface area contributed by atoms with Gasteiger partial charge in [0.05, 0.1) is 12.7 Å². The molecular weight excluding hydrogens is 376 g/mol. The Hall–Kier alpha value is -3.80. The van der Waals surface area contributed by atoms with Crippen molar-refractivity contribution in [3.05, 3.63) is 66.5 Å². The molecule has 4 rings (SSSR count). The van der Waals surface area contributed by atoms with Gasteiger partial charge in [0.25, 0.3) is 5.91 Å². The van der Waals surface area contributed by atoms with E-state index < -0.39 is 0 Å². The predicted molar refractivity (Wildman–Crippen MR) is 121 cm³/mol. The van der Waals surface area contributed by atoms with Crippen LogP contribution in [-0.4, -0.2) is 41.5 Å². The van der Waals surface area contributed by atoms with Crippen molar-refractivity contribution in [2.75, 3.05) is 26.4 Å². The van der Waals surface area contributed by atoms with E-state index in [2.05, 4.69) is 16.0 Å². The van der Waals surface area contributed by atoms with E-state index in [9.17, 15) is 4.79 Å². The summed E-state index contributed by atoms with van der Waals surface area (Å²) in [5, 5.41) is 0.979. The molecule has 0 atom stereocenters. The van der Waals surface area contributed by atoms with Gasteiger partial charge < -0.3 is 20.4 Å². The number of amides is 1. The minimum atomic E-state index is -0.0951. The molecule has 2 aromatic carbocycles. The lowest BCUT2D eigenvalue weighted by Gasteiger charge is -2.16. The summed E-state index contributed by atoms with van der Waals surface area (Å²) in [6.45, 7) is 2.54. The second-order valence-electron chi connectivity index (χ2n) is 7.14. The first-order chi connectivity index (χ1) is 14.5. The number of nitrogens with zero attached hydrogens (tertiary/aromatic N) is 2. The standard InChI is InChI=1S/C24H24N4O2/c1-4-28(2)24(29)19-11-15(9-10-21(19)25)16-12-18-20(14-27-23(18)26-13-16)17-7-5-6-8-22(17)30-3/h5-14H,4,25H2,1-3H3,(H,26,27). The first kappa shape index (κ1) is 19.5. The minimum Gasteiger partial charge on any atom is -0.496 e. The lowest BCUT2D eigenvalue weighted by Crippen LogP contribution is -2.27. The summed E-state index contributed by atoms with van der Waals surface area (Å²) in [7, 11) is 3.43. The first-order valence-electron chi connectivity index (χ1n) is 9.79. The summed E-state index contributed by atoms with van der Waals surface area (Å²) in [6, 6.07) is 15.5. The number of hydrogen-bond acceptors (Lipinski definition) is 4. The molecule has 0 saturated carbocycles. The highest BCUT2D eigenvalue weighted by atomic mass is 16.5. The zero-order chi connectivity index (χ0) is 21.3. The van der Waals surface area contributed by atoms with Crippen molar-refractivity contribution >= 4 is 22.6 Å².